The number of hydrogen-bond acceptors (Lipinski definition) is 3. The highest BCUT2D eigenvalue weighted by Gasteiger charge is 2.19. The van der Waals surface area contributed by atoms with Crippen molar-refractivity contribution in [3.63, 3.8) is 0 Å². The van der Waals surface area contributed by atoms with E-state index in [2.05, 4.69) is 186 Å². The van der Waals surface area contributed by atoms with Crippen molar-refractivity contribution in [2.45, 2.75) is 0 Å². The number of hydrogen-bond donors (Lipinski definition) is 0. The fourth-order valence-electron chi connectivity index (χ4n) is 9.42. The van der Waals surface area contributed by atoms with Gasteiger partial charge in [0, 0.05) is 31.8 Å². The molecule has 4 heteroatoms. The fraction of sp³-hybridized carbons (Fsp3) is 0. The average molecular weight is 769 g/mol. The van der Waals surface area contributed by atoms with Gasteiger partial charge in [-0.25, -0.2) is 4.98 Å². The highest BCUT2D eigenvalue weighted by molar-refractivity contribution is 7.27. The summed E-state index contributed by atoms with van der Waals surface area (Å²) in [5.41, 5.74) is 14.3. The molecule has 0 radical (unpaired) electrons. The van der Waals surface area contributed by atoms with Gasteiger partial charge in [0.05, 0.1) is 21.4 Å². The van der Waals surface area contributed by atoms with Crippen molar-refractivity contribution < 1.29 is 4.42 Å². The molecule has 0 amide bonds. The molecule has 0 aliphatic rings. The summed E-state index contributed by atoms with van der Waals surface area (Å²) in [4.78, 5) is 5.25. The largest absolute Gasteiger partial charge is 0.455 e. The summed E-state index contributed by atoms with van der Waals surface area (Å²) in [6, 6.07) is 70.2. The van der Waals surface area contributed by atoms with E-state index in [-0.39, 0.29) is 0 Å². The molecule has 0 aliphatic heterocycles. The lowest BCUT2D eigenvalue weighted by Crippen LogP contribution is -1.93. The second-order valence-electron chi connectivity index (χ2n) is 15.4. The predicted molar refractivity (Wildman–Crippen MR) is 250 cm³/mol. The topological polar surface area (TPSA) is 30.4 Å². The molecule has 4 heterocycles. The van der Waals surface area contributed by atoms with Crippen LogP contribution in [-0.4, -0.2) is 9.38 Å². The van der Waals surface area contributed by atoms with Crippen LogP contribution < -0.4 is 0 Å². The molecule has 0 saturated heterocycles. The number of furan rings is 1. The van der Waals surface area contributed by atoms with Gasteiger partial charge in [0.25, 0.3) is 0 Å². The Labute approximate surface area is 342 Å². The van der Waals surface area contributed by atoms with Crippen LogP contribution in [0, 0.1) is 0 Å². The molecule has 0 atom stereocenters. The van der Waals surface area contributed by atoms with Crippen molar-refractivity contribution >= 4 is 91.7 Å². The smallest absolute Gasteiger partial charge is 0.156 e. The summed E-state index contributed by atoms with van der Waals surface area (Å²) in [6.45, 7) is 0. The molecular weight excluding hydrogens is 737 g/mol. The number of fused-ring (bicyclic) bond motifs is 13. The standard InChI is InChI=1S/C55H32N2OS/c1-2-11-41-33(10-1)28-29-46-47-32-50(57-49-18-7-6-17-48(49)56-55(57)54(47)59-53(41)46)37-26-24-35(25-27-37)39-31-30-38(42-12-3-4-13-43(39)42)34-20-22-36(23-21-34)40-15-9-16-45-44-14-5-8-19-51(44)58-52(40)45/h1-32H. The number of thiophene rings is 1. The summed E-state index contributed by atoms with van der Waals surface area (Å²) in [6.07, 6.45) is 0. The first kappa shape index (κ1) is 32.5. The van der Waals surface area contributed by atoms with Gasteiger partial charge in [-0.15, -0.1) is 11.3 Å². The molecule has 0 bridgehead atoms. The minimum Gasteiger partial charge on any atom is -0.455 e. The third-order valence-electron chi connectivity index (χ3n) is 12.2. The van der Waals surface area contributed by atoms with Gasteiger partial charge in [-0.2, -0.15) is 0 Å². The fourth-order valence-corrected chi connectivity index (χ4v) is 10.7. The summed E-state index contributed by atoms with van der Waals surface area (Å²) < 4.78 is 11.3. The van der Waals surface area contributed by atoms with Gasteiger partial charge in [0.15, 0.2) is 5.65 Å². The van der Waals surface area contributed by atoms with Crippen molar-refractivity contribution in [2.75, 3.05) is 0 Å². The Bertz CT molecular complexity index is 3830. The summed E-state index contributed by atoms with van der Waals surface area (Å²) in [5, 5.41) is 9.84. The molecule has 59 heavy (non-hydrogen) atoms. The van der Waals surface area contributed by atoms with Crippen molar-refractivity contribution in [3.05, 3.63) is 194 Å². The molecule has 13 rings (SSSR count). The van der Waals surface area contributed by atoms with E-state index >= 15 is 0 Å². The van der Waals surface area contributed by atoms with E-state index in [0.29, 0.717) is 0 Å². The van der Waals surface area contributed by atoms with Crippen LogP contribution in [0.4, 0.5) is 0 Å². The number of aromatic nitrogens is 2. The number of pyridine rings is 1. The van der Waals surface area contributed by atoms with Gasteiger partial charge in [-0.1, -0.05) is 170 Å². The number of benzene rings is 9. The summed E-state index contributed by atoms with van der Waals surface area (Å²) in [5.74, 6) is 0. The zero-order chi connectivity index (χ0) is 38.6. The van der Waals surface area contributed by atoms with Gasteiger partial charge in [-0.05, 0) is 79.2 Å². The van der Waals surface area contributed by atoms with Gasteiger partial charge in [0.2, 0.25) is 0 Å². The molecule has 0 spiro atoms. The Morgan fingerprint density at radius 3 is 1.78 bits per heavy atom. The lowest BCUT2D eigenvalue weighted by atomic mass is 9.91. The zero-order valence-corrected chi connectivity index (χ0v) is 32.5. The van der Waals surface area contributed by atoms with Gasteiger partial charge >= 0.3 is 0 Å². The van der Waals surface area contributed by atoms with Gasteiger partial charge in [-0.3, -0.25) is 4.40 Å². The van der Waals surface area contributed by atoms with Crippen LogP contribution in [0.1, 0.15) is 0 Å². The van der Waals surface area contributed by atoms with Gasteiger partial charge < -0.3 is 4.42 Å². The quantitative estimate of drug-likeness (QED) is 0.178. The van der Waals surface area contributed by atoms with Crippen LogP contribution in [0.2, 0.25) is 0 Å². The Balaban J connectivity index is 0.907. The van der Waals surface area contributed by atoms with Crippen LogP contribution >= 0.6 is 11.3 Å². The van der Waals surface area contributed by atoms with Crippen LogP contribution in [-0.2, 0) is 0 Å². The molecule has 274 valence electrons. The number of imidazole rings is 1. The molecule has 13 aromatic rings. The molecule has 0 unspecified atom stereocenters. The Kier molecular flexibility index (Phi) is 6.89. The lowest BCUT2D eigenvalue weighted by molar-refractivity contribution is 0.670. The van der Waals surface area contributed by atoms with Crippen LogP contribution in [0.5, 0.6) is 0 Å². The van der Waals surface area contributed by atoms with E-state index < -0.39 is 0 Å². The van der Waals surface area contributed by atoms with E-state index in [9.17, 15) is 0 Å². The summed E-state index contributed by atoms with van der Waals surface area (Å²) in [7, 11) is 0. The zero-order valence-electron chi connectivity index (χ0n) is 31.7. The molecule has 0 fully saturated rings. The summed E-state index contributed by atoms with van der Waals surface area (Å²) >= 11 is 1.85. The Morgan fingerprint density at radius 1 is 0.407 bits per heavy atom. The highest BCUT2D eigenvalue weighted by atomic mass is 32.1. The number of nitrogens with zero attached hydrogens (tertiary/aromatic N) is 2. The Hall–Kier alpha value is -7.53. The first-order valence-corrected chi connectivity index (χ1v) is 20.8. The van der Waals surface area contributed by atoms with Crippen molar-refractivity contribution in [1.29, 1.82) is 0 Å². The second kappa shape index (κ2) is 12.5. The van der Waals surface area contributed by atoms with Crippen molar-refractivity contribution in [3.8, 4) is 44.6 Å². The normalized spacial score (nSPS) is 12.1. The monoisotopic (exact) mass is 768 g/mol. The van der Waals surface area contributed by atoms with E-state index in [1.807, 2.05) is 23.5 Å². The second-order valence-corrected chi connectivity index (χ2v) is 16.5. The van der Waals surface area contributed by atoms with E-state index in [1.165, 1.54) is 64.0 Å². The molecular formula is C55H32N2OS. The first-order chi connectivity index (χ1) is 29.2. The number of para-hydroxylation sites is 4. The van der Waals surface area contributed by atoms with Crippen LogP contribution in [0.3, 0.4) is 0 Å². The van der Waals surface area contributed by atoms with Crippen molar-refractivity contribution in [2.24, 2.45) is 0 Å². The van der Waals surface area contributed by atoms with E-state index in [0.717, 1.165) is 61.0 Å². The minimum absolute atomic E-state index is 0.916. The maximum absolute atomic E-state index is 6.37. The minimum atomic E-state index is 0.916. The SMILES string of the molecule is c1ccc2c(c1)ccc1c3cc(-c4ccc(-c5ccc(-c6ccc(-c7cccc8c7oc7ccccc78)cc6)c6ccccc56)cc4)n4c5ccccc5nc4c3sc21. The van der Waals surface area contributed by atoms with Crippen LogP contribution in [0.15, 0.2) is 199 Å². The molecule has 0 saturated carbocycles. The first-order valence-electron chi connectivity index (χ1n) is 20.0. The van der Waals surface area contributed by atoms with E-state index in [4.69, 9.17) is 9.40 Å². The highest BCUT2D eigenvalue weighted by Crippen LogP contribution is 2.44. The van der Waals surface area contributed by atoms with Gasteiger partial charge in [0.1, 0.15) is 11.2 Å². The molecule has 4 aromatic heterocycles. The average Bonchev–Trinajstić information content (AvgIpc) is 4.01. The molecule has 3 nitrogen and oxygen atoms in total. The lowest BCUT2D eigenvalue weighted by Gasteiger charge is -2.14. The third kappa shape index (κ3) is 4.84. The maximum atomic E-state index is 6.37. The van der Waals surface area contributed by atoms with Crippen molar-refractivity contribution in [1.82, 2.24) is 9.38 Å². The van der Waals surface area contributed by atoms with Crippen LogP contribution in [0.25, 0.3) is 125 Å². The third-order valence-corrected chi connectivity index (χ3v) is 13.5. The van der Waals surface area contributed by atoms with E-state index in [1.54, 1.807) is 0 Å². The molecule has 0 N–H and O–H groups in total. The number of rotatable bonds is 4. The Morgan fingerprint density at radius 2 is 1.02 bits per heavy atom. The maximum Gasteiger partial charge on any atom is 0.156 e. The molecule has 0 aliphatic carbocycles. The molecule has 9 aromatic carbocycles. The predicted octanol–water partition coefficient (Wildman–Crippen LogP) is 15.7.